The zero-order valence-electron chi connectivity index (χ0n) is 14.6. The summed E-state index contributed by atoms with van der Waals surface area (Å²) in [5.74, 6) is 0.0188. The maximum absolute atomic E-state index is 11.5. The van der Waals surface area contributed by atoms with Crippen LogP contribution in [0.1, 0.15) is 16.7 Å². The van der Waals surface area contributed by atoms with Crippen molar-refractivity contribution < 1.29 is 15.4 Å². The van der Waals surface area contributed by atoms with Crippen LogP contribution < -0.4 is 5.73 Å². The van der Waals surface area contributed by atoms with E-state index in [0.717, 1.165) is 22.0 Å². The molecule has 7 nitrogen and oxygen atoms in total. The lowest BCUT2D eigenvalue weighted by atomic mass is 10.1. The van der Waals surface area contributed by atoms with Crippen molar-refractivity contribution in [3.05, 3.63) is 71.4 Å². The summed E-state index contributed by atoms with van der Waals surface area (Å²) in [7, 11) is 0. The third-order valence-electron chi connectivity index (χ3n) is 4.22. The van der Waals surface area contributed by atoms with Crippen molar-refractivity contribution in [2.45, 2.75) is 13.0 Å². The summed E-state index contributed by atoms with van der Waals surface area (Å²) in [6, 6.07) is 15.1. The Morgan fingerprint density at radius 3 is 2.52 bits per heavy atom. The van der Waals surface area contributed by atoms with Gasteiger partial charge in [-0.2, -0.15) is 0 Å². The van der Waals surface area contributed by atoms with E-state index in [1.807, 2.05) is 48.7 Å². The molecule has 0 aliphatic heterocycles. The van der Waals surface area contributed by atoms with E-state index in [1.165, 1.54) is 4.90 Å². The van der Waals surface area contributed by atoms with Crippen LogP contribution in [-0.4, -0.2) is 38.9 Å². The number of hydrogen-bond donors (Lipinski definition) is 4. The lowest BCUT2D eigenvalue weighted by Crippen LogP contribution is -2.30. The summed E-state index contributed by atoms with van der Waals surface area (Å²) in [5, 5.41) is 18.0. The highest BCUT2D eigenvalue weighted by Crippen LogP contribution is 2.21. The minimum Gasteiger partial charge on any atom is -0.465 e. The monoisotopic (exact) mass is 390 g/mol. The van der Waals surface area contributed by atoms with Crippen LogP contribution in [0.25, 0.3) is 10.9 Å². The molecule has 3 rings (SSSR count). The first kappa shape index (κ1) is 22.0. The molecule has 2 aromatic carbocycles. The number of halogens is 1. The summed E-state index contributed by atoms with van der Waals surface area (Å²) in [4.78, 5) is 16.1. The molecule has 0 atom stereocenters. The Morgan fingerprint density at radius 1 is 1.19 bits per heavy atom. The van der Waals surface area contributed by atoms with Gasteiger partial charge in [-0.05, 0) is 35.7 Å². The summed E-state index contributed by atoms with van der Waals surface area (Å²) >= 11 is 0. The SMILES string of the molecule is Cl.N=C(N)c1ccc2[nH]cc(CCN(Cc3ccccc3)C(=O)O)c2c1.O. The van der Waals surface area contributed by atoms with Crippen molar-refractivity contribution in [1.29, 1.82) is 5.41 Å². The quantitative estimate of drug-likeness (QED) is 0.380. The lowest BCUT2D eigenvalue weighted by Gasteiger charge is -2.19. The van der Waals surface area contributed by atoms with Crippen LogP contribution in [0.15, 0.2) is 54.7 Å². The first-order chi connectivity index (χ1) is 12.0. The second-order valence-corrected chi connectivity index (χ2v) is 5.93. The highest BCUT2D eigenvalue weighted by atomic mass is 35.5. The van der Waals surface area contributed by atoms with Crippen LogP contribution in [0.4, 0.5) is 4.79 Å². The number of hydrogen-bond acceptors (Lipinski definition) is 2. The van der Waals surface area contributed by atoms with Crippen molar-refractivity contribution in [3.8, 4) is 0 Å². The number of carbonyl (C=O) groups is 1. The third-order valence-corrected chi connectivity index (χ3v) is 4.22. The van der Waals surface area contributed by atoms with Gasteiger partial charge in [-0.15, -0.1) is 12.4 Å². The fourth-order valence-corrected chi connectivity index (χ4v) is 2.85. The lowest BCUT2D eigenvalue weighted by molar-refractivity contribution is 0.143. The molecule has 3 aromatic rings. The Balaban J connectivity index is 0.00000182. The minimum absolute atomic E-state index is 0. The highest BCUT2D eigenvalue weighted by Gasteiger charge is 2.14. The van der Waals surface area contributed by atoms with Gasteiger partial charge in [0.05, 0.1) is 0 Å². The number of nitrogens with one attached hydrogen (secondary N) is 2. The summed E-state index contributed by atoms with van der Waals surface area (Å²) in [5.41, 5.74) is 9.14. The van der Waals surface area contributed by atoms with Gasteiger partial charge in [-0.25, -0.2) is 4.79 Å². The van der Waals surface area contributed by atoms with Gasteiger partial charge in [0.1, 0.15) is 5.84 Å². The van der Waals surface area contributed by atoms with Crippen molar-refractivity contribution in [2.75, 3.05) is 6.54 Å². The largest absolute Gasteiger partial charge is 0.465 e. The molecule has 1 heterocycles. The molecule has 0 bridgehead atoms. The molecular weight excluding hydrogens is 368 g/mol. The molecule has 7 N–H and O–H groups in total. The van der Waals surface area contributed by atoms with Gasteiger partial charge in [0.15, 0.2) is 0 Å². The van der Waals surface area contributed by atoms with Gasteiger partial charge in [-0.3, -0.25) is 5.41 Å². The number of rotatable bonds is 6. The predicted molar refractivity (Wildman–Crippen MR) is 109 cm³/mol. The van der Waals surface area contributed by atoms with Crippen LogP contribution in [0.5, 0.6) is 0 Å². The second kappa shape index (κ2) is 9.61. The molecule has 1 aromatic heterocycles. The normalized spacial score (nSPS) is 9.93. The Morgan fingerprint density at radius 2 is 1.89 bits per heavy atom. The van der Waals surface area contributed by atoms with Crippen LogP contribution in [-0.2, 0) is 13.0 Å². The molecule has 1 amide bonds. The number of carboxylic acid groups (broad SMARTS) is 1. The Kier molecular flexibility index (Phi) is 7.83. The van der Waals surface area contributed by atoms with E-state index in [4.69, 9.17) is 11.1 Å². The average molecular weight is 391 g/mol. The van der Waals surface area contributed by atoms with Gasteiger partial charge in [-0.1, -0.05) is 30.3 Å². The Hall–Kier alpha value is -3.03. The molecule has 0 spiro atoms. The summed E-state index contributed by atoms with van der Waals surface area (Å²) in [6.07, 6.45) is 1.53. The molecule has 0 aliphatic rings. The summed E-state index contributed by atoms with van der Waals surface area (Å²) in [6.45, 7) is 0.749. The Labute approximate surface area is 163 Å². The second-order valence-electron chi connectivity index (χ2n) is 5.93. The molecule has 27 heavy (non-hydrogen) atoms. The standard InChI is InChI=1S/C19H20N4O2.ClH.H2O/c20-18(21)14-6-7-17-16(10-14)15(11-22-17)8-9-23(19(24)25)12-13-4-2-1-3-5-13;;/h1-7,10-11,22H,8-9,12H2,(H3,20,21)(H,24,25);1H;1H2. The maximum Gasteiger partial charge on any atom is 0.407 e. The topological polar surface area (TPSA) is 138 Å². The molecule has 0 unspecified atom stereocenters. The van der Waals surface area contributed by atoms with E-state index < -0.39 is 6.09 Å². The van der Waals surface area contributed by atoms with Crippen LogP contribution >= 0.6 is 12.4 Å². The number of aromatic nitrogens is 1. The average Bonchev–Trinajstić information content (AvgIpc) is 3.01. The number of nitrogens with two attached hydrogens (primary N) is 1. The fourth-order valence-electron chi connectivity index (χ4n) is 2.85. The number of nitrogens with zero attached hydrogens (tertiary/aromatic N) is 1. The van der Waals surface area contributed by atoms with Crippen LogP contribution in [0.2, 0.25) is 0 Å². The molecule has 0 saturated carbocycles. The first-order valence-corrected chi connectivity index (χ1v) is 8.01. The van der Waals surface area contributed by atoms with E-state index in [1.54, 1.807) is 6.07 Å². The first-order valence-electron chi connectivity index (χ1n) is 8.01. The number of amidine groups is 1. The molecule has 0 aliphatic carbocycles. The molecule has 0 fully saturated rings. The van der Waals surface area contributed by atoms with Crippen LogP contribution in [0, 0.1) is 5.41 Å². The Bertz CT molecular complexity index is 912. The van der Waals surface area contributed by atoms with Gasteiger partial charge < -0.3 is 26.2 Å². The van der Waals surface area contributed by atoms with E-state index in [9.17, 15) is 9.90 Å². The molecule has 0 saturated heterocycles. The van der Waals surface area contributed by atoms with Crippen molar-refractivity contribution in [1.82, 2.24) is 9.88 Å². The number of amides is 1. The van der Waals surface area contributed by atoms with Gasteiger partial charge in [0.25, 0.3) is 0 Å². The van der Waals surface area contributed by atoms with Gasteiger partial charge in [0.2, 0.25) is 0 Å². The molecule has 0 radical (unpaired) electrons. The predicted octanol–water partition coefficient (Wildman–Crippen LogP) is 2.77. The fraction of sp³-hybridized carbons (Fsp3) is 0.158. The number of H-pyrrole nitrogens is 1. The number of nitrogen functional groups attached to an aromatic ring is 1. The maximum atomic E-state index is 11.5. The number of fused-ring (bicyclic) bond motifs is 1. The van der Waals surface area contributed by atoms with Crippen molar-refractivity contribution in [2.24, 2.45) is 5.73 Å². The number of benzene rings is 2. The number of aromatic amines is 1. The van der Waals surface area contributed by atoms with Crippen molar-refractivity contribution >= 4 is 35.2 Å². The van der Waals surface area contributed by atoms with Crippen LogP contribution in [0.3, 0.4) is 0 Å². The molecule has 8 heteroatoms. The van der Waals surface area contributed by atoms with E-state index in [0.29, 0.717) is 25.1 Å². The van der Waals surface area contributed by atoms with Gasteiger partial charge in [0, 0.05) is 35.8 Å². The molecule has 144 valence electrons. The highest BCUT2D eigenvalue weighted by molar-refractivity contribution is 5.99. The smallest absolute Gasteiger partial charge is 0.407 e. The summed E-state index contributed by atoms with van der Waals surface area (Å²) < 4.78 is 0. The zero-order valence-corrected chi connectivity index (χ0v) is 15.4. The minimum atomic E-state index is -0.937. The molecular formula is C19H23ClN4O3. The zero-order chi connectivity index (χ0) is 17.8. The van der Waals surface area contributed by atoms with Crippen molar-refractivity contribution in [3.63, 3.8) is 0 Å². The van der Waals surface area contributed by atoms with E-state index in [2.05, 4.69) is 4.98 Å². The van der Waals surface area contributed by atoms with E-state index in [-0.39, 0.29) is 23.7 Å². The van der Waals surface area contributed by atoms with Gasteiger partial charge >= 0.3 is 6.09 Å². The third kappa shape index (κ3) is 5.22. The van der Waals surface area contributed by atoms with E-state index >= 15 is 0 Å².